The molecular formula is C14H23N3O2S. The maximum Gasteiger partial charge on any atom is 0.238 e. The first-order valence-corrected chi connectivity index (χ1v) is 8.65. The van der Waals surface area contributed by atoms with E-state index in [4.69, 9.17) is 5.14 Å². The van der Waals surface area contributed by atoms with Crippen molar-refractivity contribution in [2.45, 2.75) is 37.1 Å². The van der Waals surface area contributed by atoms with Crippen LogP contribution in [0.1, 0.15) is 26.2 Å². The smallest absolute Gasteiger partial charge is 0.238 e. The Morgan fingerprint density at radius 1 is 1.25 bits per heavy atom. The Bertz CT molecular complexity index is 528. The Kier molecular flexibility index (Phi) is 5.01. The van der Waals surface area contributed by atoms with E-state index in [1.165, 1.54) is 13.0 Å². The molecule has 20 heavy (non-hydrogen) atoms. The fraction of sp³-hybridized carbons (Fsp3) is 0.571. The lowest BCUT2D eigenvalue weighted by Gasteiger charge is -2.19. The molecule has 6 heteroatoms. The van der Waals surface area contributed by atoms with E-state index >= 15 is 0 Å². The maximum absolute atomic E-state index is 11.2. The third-order valence-corrected chi connectivity index (χ3v) is 4.75. The van der Waals surface area contributed by atoms with Crippen molar-refractivity contribution in [3.8, 4) is 0 Å². The second kappa shape index (κ2) is 6.56. The van der Waals surface area contributed by atoms with Gasteiger partial charge in [0.25, 0.3) is 0 Å². The summed E-state index contributed by atoms with van der Waals surface area (Å²) < 4.78 is 22.4. The first kappa shape index (κ1) is 15.3. The van der Waals surface area contributed by atoms with Gasteiger partial charge in [0.05, 0.1) is 4.90 Å². The molecule has 0 saturated carbocycles. The Labute approximate surface area is 121 Å². The highest BCUT2D eigenvalue weighted by atomic mass is 32.2. The Morgan fingerprint density at radius 2 is 1.95 bits per heavy atom. The molecule has 1 aliphatic rings. The summed E-state index contributed by atoms with van der Waals surface area (Å²) in [5.74, 6) is 0. The van der Waals surface area contributed by atoms with Gasteiger partial charge in [-0.05, 0) is 56.6 Å². The molecule has 0 bridgehead atoms. The van der Waals surface area contributed by atoms with Gasteiger partial charge < -0.3 is 10.2 Å². The number of hydrogen-bond acceptors (Lipinski definition) is 4. The number of anilines is 1. The van der Waals surface area contributed by atoms with Gasteiger partial charge in [-0.2, -0.15) is 0 Å². The number of nitrogens with zero attached hydrogens (tertiary/aromatic N) is 1. The maximum atomic E-state index is 11.2. The summed E-state index contributed by atoms with van der Waals surface area (Å²) >= 11 is 0. The molecule has 1 saturated heterocycles. The number of nitrogens with two attached hydrogens (primary N) is 1. The lowest BCUT2D eigenvalue weighted by atomic mass is 10.1. The van der Waals surface area contributed by atoms with E-state index < -0.39 is 10.0 Å². The summed E-state index contributed by atoms with van der Waals surface area (Å²) in [5, 5.41) is 8.57. The average molecular weight is 297 g/mol. The SMILES string of the molecule is CCN1CCCC(Nc2ccc(S(N)(=O)=O)cc2)CC1. The van der Waals surface area contributed by atoms with Gasteiger partial charge >= 0.3 is 0 Å². The van der Waals surface area contributed by atoms with E-state index in [-0.39, 0.29) is 4.90 Å². The summed E-state index contributed by atoms with van der Waals surface area (Å²) in [5.41, 5.74) is 0.951. The predicted molar refractivity (Wildman–Crippen MR) is 81.2 cm³/mol. The molecule has 1 unspecified atom stereocenters. The van der Waals surface area contributed by atoms with Gasteiger partial charge in [-0.3, -0.25) is 0 Å². The minimum Gasteiger partial charge on any atom is -0.382 e. The summed E-state index contributed by atoms with van der Waals surface area (Å²) in [6.45, 7) is 5.58. The average Bonchev–Trinajstić information content (AvgIpc) is 2.63. The van der Waals surface area contributed by atoms with Crippen LogP contribution in [0.15, 0.2) is 29.2 Å². The van der Waals surface area contributed by atoms with E-state index in [0.717, 1.165) is 31.6 Å². The second-order valence-corrected chi connectivity index (χ2v) is 6.84. The summed E-state index contributed by atoms with van der Waals surface area (Å²) in [7, 11) is -3.60. The fourth-order valence-corrected chi connectivity index (χ4v) is 3.11. The van der Waals surface area contributed by atoms with Crippen LogP contribution in [-0.4, -0.2) is 39.0 Å². The van der Waals surface area contributed by atoms with Crippen LogP contribution in [0.3, 0.4) is 0 Å². The second-order valence-electron chi connectivity index (χ2n) is 5.28. The van der Waals surface area contributed by atoms with Gasteiger partial charge in [0.2, 0.25) is 10.0 Å². The van der Waals surface area contributed by atoms with Crippen molar-refractivity contribution in [3.05, 3.63) is 24.3 Å². The van der Waals surface area contributed by atoms with Crippen LogP contribution in [-0.2, 0) is 10.0 Å². The zero-order valence-electron chi connectivity index (χ0n) is 11.9. The molecule has 112 valence electrons. The third-order valence-electron chi connectivity index (χ3n) is 3.82. The number of sulfonamides is 1. The molecule has 1 atom stereocenters. The van der Waals surface area contributed by atoms with Crippen LogP contribution in [0.5, 0.6) is 0 Å². The molecule has 0 amide bonds. The van der Waals surface area contributed by atoms with Gasteiger partial charge in [-0.15, -0.1) is 0 Å². The molecule has 1 aromatic carbocycles. The van der Waals surface area contributed by atoms with Crippen LogP contribution in [0.25, 0.3) is 0 Å². The highest BCUT2D eigenvalue weighted by Crippen LogP contribution is 2.18. The minimum absolute atomic E-state index is 0.154. The minimum atomic E-state index is -3.60. The Hall–Kier alpha value is -1.11. The third kappa shape index (κ3) is 4.19. The molecule has 1 aliphatic heterocycles. The van der Waals surface area contributed by atoms with Crippen LogP contribution in [0.4, 0.5) is 5.69 Å². The summed E-state index contributed by atoms with van der Waals surface area (Å²) in [6, 6.07) is 7.11. The first-order valence-electron chi connectivity index (χ1n) is 7.11. The standard InChI is InChI=1S/C14H23N3O2S/c1-2-17-10-3-4-12(9-11-17)16-13-5-7-14(8-6-13)20(15,18)19/h5-8,12,16H,2-4,9-11H2,1H3,(H2,15,18,19). The number of primary sulfonamides is 1. The van der Waals surface area contributed by atoms with Crippen LogP contribution in [0, 0.1) is 0 Å². The van der Waals surface area contributed by atoms with Crippen molar-refractivity contribution in [2.75, 3.05) is 25.0 Å². The van der Waals surface area contributed by atoms with E-state index in [0.29, 0.717) is 6.04 Å². The number of likely N-dealkylation sites (tertiary alicyclic amines) is 1. The molecule has 2 rings (SSSR count). The Balaban J connectivity index is 1.96. The van der Waals surface area contributed by atoms with Gasteiger partial charge in [-0.1, -0.05) is 6.92 Å². The zero-order valence-corrected chi connectivity index (χ0v) is 12.7. The normalized spacial score (nSPS) is 21.4. The number of nitrogens with one attached hydrogen (secondary N) is 1. The van der Waals surface area contributed by atoms with Crippen molar-refractivity contribution in [1.82, 2.24) is 4.90 Å². The molecule has 1 heterocycles. The van der Waals surface area contributed by atoms with Gasteiger partial charge in [0.15, 0.2) is 0 Å². The molecule has 0 spiro atoms. The van der Waals surface area contributed by atoms with Crippen LogP contribution < -0.4 is 10.5 Å². The molecule has 3 N–H and O–H groups in total. The van der Waals surface area contributed by atoms with E-state index in [1.807, 2.05) is 0 Å². The lowest BCUT2D eigenvalue weighted by Crippen LogP contribution is -2.26. The highest BCUT2D eigenvalue weighted by Gasteiger charge is 2.16. The van der Waals surface area contributed by atoms with Crippen LogP contribution >= 0.6 is 0 Å². The van der Waals surface area contributed by atoms with Gasteiger partial charge in [0, 0.05) is 18.3 Å². The van der Waals surface area contributed by atoms with Crippen LogP contribution in [0.2, 0.25) is 0 Å². The van der Waals surface area contributed by atoms with Crippen molar-refractivity contribution in [2.24, 2.45) is 5.14 Å². The molecule has 0 radical (unpaired) electrons. The monoisotopic (exact) mass is 297 g/mol. The zero-order chi connectivity index (χ0) is 14.6. The number of rotatable bonds is 4. The molecule has 1 aromatic rings. The van der Waals surface area contributed by atoms with E-state index in [1.54, 1.807) is 24.3 Å². The van der Waals surface area contributed by atoms with Crippen molar-refractivity contribution < 1.29 is 8.42 Å². The van der Waals surface area contributed by atoms with Crippen molar-refractivity contribution in [3.63, 3.8) is 0 Å². The number of hydrogen-bond donors (Lipinski definition) is 2. The van der Waals surface area contributed by atoms with E-state index in [2.05, 4.69) is 17.1 Å². The predicted octanol–water partition coefficient (Wildman–Crippen LogP) is 1.62. The molecule has 1 fully saturated rings. The Morgan fingerprint density at radius 3 is 2.55 bits per heavy atom. The lowest BCUT2D eigenvalue weighted by molar-refractivity contribution is 0.300. The van der Waals surface area contributed by atoms with Gasteiger partial charge in [-0.25, -0.2) is 13.6 Å². The highest BCUT2D eigenvalue weighted by molar-refractivity contribution is 7.89. The van der Waals surface area contributed by atoms with Crippen molar-refractivity contribution in [1.29, 1.82) is 0 Å². The molecule has 0 aliphatic carbocycles. The fourth-order valence-electron chi connectivity index (χ4n) is 2.59. The van der Waals surface area contributed by atoms with Crippen molar-refractivity contribution >= 4 is 15.7 Å². The first-order chi connectivity index (χ1) is 9.49. The largest absolute Gasteiger partial charge is 0.382 e. The topological polar surface area (TPSA) is 75.4 Å². The van der Waals surface area contributed by atoms with E-state index in [9.17, 15) is 8.42 Å². The molecule has 5 nitrogen and oxygen atoms in total. The quantitative estimate of drug-likeness (QED) is 0.885. The van der Waals surface area contributed by atoms with Gasteiger partial charge in [0.1, 0.15) is 0 Å². The summed E-state index contributed by atoms with van der Waals surface area (Å²) in [6.07, 6.45) is 3.46. The number of benzene rings is 1. The molecule has 0 aromatic heterocycles. The summed E-state index contributed by atoms with van der Waals surface area (Å²) in [4.78, 5) is 2.62. The molecular weight excluding hydrogens is 274 g/mol.